The molecule has 3 aromatic rings. The molecule has 2 aromatic heterocycles. The van der Waals surface area contributed by atoms with Crippen molar-refractivity contribution in [2.24, 2.45) is 5.92 Å². The molecule has 12 nitrogen and oxygen atoms in total. The summed E-state index contributed by atoms with van der Waals surface area (Å²) < 4.78 is 34.2. The van der Waals surface area contributed by atoms with Gasteiger partial charge in [0, 0.05) is 6.04 Å². The Bertz CT molecular complexity index is 1280. The third kappa shape index (κ3) is 5.13. The van der Waals surface area contributed by atoms with E-state index in [1.54, 1.807) is 30.6 Å². The van der Waals surface area contributed by atoms with Crippen molar-refractivity contribution < 1.29 is 28.3 Å². The molecule has 35 heavy (non-hydrogen) atoms. The Hall–Kier alpha value is -2.73. The first-order valence-electron chi connectivity index (χ1n) is 10.8. The molecule has 1 fully saturated rings. The summed E-state index contributed by atoms with van der Waals surface area (Å²) in [7, 11) is -1.08. The molecule has 0 amide bonds. The van der Waals surface area contributed by atoms with Gasteiger partial charge in [-0.05, 0) is 60.8 Å². The molecule has 0 bridgehead atoms. The quantitative estimate of drug-likeness (QED) is 0.343. The minimum atomic E-state index is -3.99. The second kappa shape index (κ2) is 10.1. The van der Waals surface area contributed by atoms with Gasteiger partial charge in [0.1, 0.15) is 11.8 Å². The van der Waals surface area contributed by atoms with Gasteiger partial charge < -0.3 is 24.7 Å². The van der Waals surface area contributed by atoms with Crippen molar-refractivity contribution in [1.29, 1.82) is 0 Å². The van der Waals surface area contributed by atoms with E-state index >= 15 is 0 Å². The maximum Gasteiger partial charge on any atom is 0.461 e. The topological polar surface area (TPSA) is 155 Å². The molecular formula is C21H26BrN6O6P. The first-order valence-corrected chi connectivity index (χ1v) is 13.1. The highest BCUT2D eigenvalue weighted by molar-refractivity contribution is 9.10. The van der Waals surface area contributed by atoms with Gasteiger partial charge in [0.25, 0.3) is 0 Å². The summed E-state index contributed by atoms with van der Waals surface area (Å²) in [6.07, 6.45) is 3.10. The van der Waals surface area contributed by atoms with Gasteiger partial charge in [-0.1, -0.05) is 12.1 Å². The van der Waals surface area contributed by atoms with Crippen molar-refractivity contribution in [3.8, 4) is 11.6 Å². The number of rotatable bonds is 10. The number of aliphatic carboxylic acids is 1. The number of nitrogen functional groups attached to an aromatic ring is 1. The number of aromatic nitrogens is 4. The van der Waals surface area contributed by atoms with Crippen molar-refractivity contribution in [3.63, 3.8) is 0 Å². The first kappa shape index (κ1) is 25.4. The fraction of sp³-hybridized carbons (Fsp3) is 0.429. The lowest BCUT2D eigenvalue weighted by atomic mass is 9.81. The minimum absolute atomic E-state index is 0.0724. The number of likely N-dealkylation sites (N-methyl/N-ethyl adjacent to an activating group) is 1. The third-order valence-electron chi connectivity index (χ3n) is 6.03. The van der Waals surface area contributed by atoms with Gasteiger partial charge in [-0.15, -0.1) is 0 Å². The molecule has 2 heterocycles. The Morgan fingerprint density at radius 2 is 2.09 bits per heavy atom. The van der Waals surface area contributed by atoms with Gasteiger partial charge in [0.15, 0.2) is 11.2 Å². The fourth-order valence-electron chi connectivity index (χ4n) is 3.78. The largest absolute Gasteiger partial charge is 0.480 e. The van der Waals surface area contributed by atoms with Crippen molar-refractivity contribution in [1.82, 2.24) is 24.2 Å². The predicted octanol–water partition coefficient (Wildman–Crippen LogP) is 3.74. The van der Waals surface area contributed by atoms with Crippen molar-refractivity contribution >= 4 is 46.8 Å². The van der Waals surface area contributed by atoms with E-state index < -0.39 is 19.8 Å². The first-order chi connectivity index (χ1) is 16.6. The van der Waals surface area contributed by atoms with Crippen molar-refractivity contribution in [2.45, 2.75) is 31.8 Å². The number of fused-ring (bicyclic) bond motifs is 1. The summed E-state index contributed by atoms with van der Waals surface area (Å²) in [6.45, 7) is 1.55. The van der Waals surface area contributed by atoms with Crippen LogP contribution in [-0.2, 0) is 13.9 Å². The Morgan fingerprint density at radius 3 is 2.74 bits per heavy atom. The number of ether oxygens (including phenoxy) is 1. The van der Waals surface area contributed by atoms with Gasteiger partial charge in [-0.25, -0.2) is 9.55 Å². The zero-order valence-electron chi connectivity index (χ0n) is 19.4. The van der Waals surface area contributed by atoms with Crippen LogP contribution < -0.4 is 15.0 Å². The molecule has 4 rings (SSSR count). The zero-order valence-corrected chi connectivity index (χ0v) is 21.8. The van der Waals surface area contributed by atoms with Crippen LogP contribution in [0.4, 0.5) is 5.95 Å². The number of carboxylic acid groups (broad SMARTS) is 1. The number of nitrogens with two attached hydrogens (primary N) is 1. The van der Waals surface area contributed by atoms with Crippen LogP contribution in [0, 0.1) is 5.92 Å². The van der Waals surface area contributed by atoms with Crippen LogP contribution in [0.25, 0.3) is 11.2 Å². The second-order valence-electron chi connectivity index (χ2n) is 8.28. The Labute approximate surface area is 210 Å². The lowest BCUT2D eigenvalue weighted by Gasteiger charge is -2.37. The Balaban J connectivity index is 1.46. The van der Waals surface area contributed by atoms with Crippen LogP contribution in [0.2, 0.25) is 0 Å². The number of methoxy groups -OCH3 is 1. The van der Waals surface area contributed by atoms with Crippen LogP contribution in [0.15, 0.2) is 35.1 Å². The van der Waals surface area contributed by atoms with Gasteiger partial charge in [0.2, 0.25) is 11.8 Å². The number of carboxylic acids is 1. The summed E-state index contributed by atoms with van der Waals surface area (Å²) >= 11 is 3.36. The zero-order chi connectivity index (χ0) is 25.3. The van der Waals surface area contributed by atoms with Crippen LogP contribution in [-0.4, -0.2) is 62.1 Å². The van der Waals surface area contributed by atoms with E-state index in [4.69, 9.17) is 19.5 Å². The third-order valence-corrected chi connectivity index (χ3v) is 8.71. The van der Waals surface area contributed by atoms with Crippen LogP contribution >= 0.6 is 23.7 Å². The second-order valence-corrected chi connectivity index (χ2v) is 11.1. The molecule has 1 aliphatic rings. The number of anilines is 1. The van der Waals surface area contributed by atoms with E-state index in [1.807, 2.05) is 4.57 Å². The predicted molar refractivity (Wildman–Crippen MR) is 131 cm³/mol. The molecule has 2 unspecified atom stereocenters. The molecule has 1 aromatic carbocycles. The molecule has 1 saturated carbocycles. The number of nitrogens with zero attached hydrogens (tertiary/aromatic N) is 5. The smallest absolute Gasteiger partial charge is 0.461 e. The number of para-hydroxylation sites is 1. The molecule has 0 spiro atoms. The van der Waals surface area contributed by atoms with Gasteiger partial charge in [-0.2, -0.15) is 14.6 Å². The molecule has 2 atom stereocenters. The Kier molecular flexibility index (Phi) is 7.32. The van der Waals surface area contributed by atoms with E-state index in [9.17, 15) is 14.5 Å². The van der Waals surface area contributed by atoms with E-state index in [-0.39, 0.29) is 24.5 Å². The highest BCUT2D eigenvalue weighted by Crippen LogP contribution is 2.54. The van der Waals surface area contributed by atoms with Gasteiger partial charge >= 0.3 is 13.7 Å². The number of imidazole rings is 1. The average Bonchev–Trinajstić information content (AvgIpc) is 3.21. The molecule has 14 heteroatoms. The average molecular weight is 569 g/mol. The van der Waals surface area contributed by atoms with Crippen molar-refractivity contribution in [3.05, 3.63) is 35.1 Å². The summed E-state index contributed by atoms with van der Waals surface area (Å²) in [4.78, 5) is 24.2. The molecule has 3 N–H and O–H groups in total. The molecule has 0 saturated heterocycles. The van der Waals surface area contributed by atoms with Gasteiger partial charge in [-0.3, -0.25) is 9.32 Å². The minimum Gasteiger partial charge on any atom is -0.480 e. The van der Waals surface area contributed by atoms with Gasteiger partial charge in [0.05, 0.1) is 24.5 Å². The lowest BCUT2D eigenvalue weighted by Crippen LogP contribution is -2.36. The summed E-state index contributed by atoms with van der Waals surface area (Å²) in [6, 6.07) is 5.88. The molecular weight excluding hydrogens is 543 g/mol. The van der Waals surface area contributed by atoms with E-state index in [2.05, 4.69) is 30.9 Å². The highest BCUT2D eigenvalue weighted by Gasteiger charge is 2.41. The normalized spacial score (nSPS) is 20.3. The maximum atomic E-state index is 13.8. The van der Waals surface area contributed by atoms with Crippen LogP contribution in [0.1, 0.15) is 25.8 Å². The summed E-state index contributed by atoms with van der Waals surface area (Å²) in [5.41, 5.74) is 6.91. The lowest BCUT2D eigenvalue weighted by molar-refractivity contribution is -0.140. The number of halogens is 1. The Morgan fingerprint density at radius 1 is 1.37 bits per heavy atom. The number of carbonyl (C=O) groups is 1. The number of hydrogen-bond donors (Lipinski definition) is 2. The highest BCUT2D eigenvalue weighted by atomic mass is 79.9. The fourth-order valence-corrected chi connectivity index (χ4v) is 5.96. The monoisotopic (exact) mass is 568 g/mol. The number of benzene rings is 1. The van der Waals surface area contributed by atoms with E-state index in [0.29, 0.717) is 40.1 Å². The molecule has 1 aliphatic carbocycles. The van der Waals surface area contributed by atoms with Crippen molar-refractivity contribution in [2.75, 3.05) is 26.5 Å². The van der Waals surface area contributed by atoms with Crippen LogP contribution in [0.3, 0.4) is 0 Å². The maximum absolute atomic E-state index is 13.8. The SMILES string of the molecule is COc1nc(N)nc2c1ncn2[C@H]1C[C@@H](COP(=O)(Oc2ccccc2Br)N(C)C(C)C(=O)O)C1. The summed E-state index contributed by atoms with van der Waals surface area (Å²) in [5.74, 6) is -0.368. The summed E-state index contributed by atoms with van der Waals surface area (Å²) in [5, 5.41) is 9.43. The van der Waals surface area contributed by atoms with Crippen LogP contribution in [0.5, 0.6) is 11.6 Å². The van der Waals surface area contributed by atoms with E-state index in [1.165, 1.54) is 21.1 Å². The molecule has 188 valence electrons. The standard InChI is InChI=1S/C21H26BrN6O6P/c1-12(20(29)30)27(2)35(31,34-16-7-5-4-6-15(16)22)33-10-13-8-14(9-13)28-11-24-17-18(28)25-21(23)26-19(17)32-3/h4-7,11-14H,8-10H2,1-3H3,(H,29,30)(H2,23,25,26)/t12?,13-,14+,35?. The van der Waals surface area contributed by atoms with E-state index in [0.717, 1.165) is 4.67 Å². The molecule has 0 radical (unpaired) electrons. The molecule has 0 aliphatic heterocycles. The number of hydrogen-bond acceptors (Lipinski definition) is 9.